The summed E-state index contributed by atoms with van der Waals surface area (Å²) in [6.07, 6.45) is 2.13. The van der Waals surface area contributed by atoms with Crippen molar-refractivity contribution in [2.45, 2.75) is 0 Å². The van der Waals surface area contributed by atoms with Gasteiger partial charge in [-0.25, -0.2) is 0 Å². The lowest BCUT2D eigenvalue weighted by atomic mass is 9.89. The molecule has 2 rings (SSSR count). The van der Waals surface area contributed by atoms with Crippen LogP contribution in [-0.2, 0) is 0 Å². The topological polar surface area (TPSA) is 0 Å². The highest BCUT2D eigenvalue weighted by Gasteiger charge is 2.14. The van der Waals surface area contributed by atoms with Gasteiger partial charge in [0.2, 0.25) is 0 Å². The van der Waals surface area contributed by atoms with Gasteiger partial charge in [-0.3, -0.25) is 0 Å². The quantitative estimate of drug-likeness (QED) is 0.545. The van der Waals surface area contributed by atoms with Crippen LogP contribution in [0.25, 0.3) is 11.6 Å². The lowest BCUT2D eigenvalue weighted by Crippen LogP contribution is -1.99. The van der Waals surface area contributed by atoms with Gasteiger partial charge >= 0.3 is 0 Å². The number of allylic oxidation sites excluding steroid dienone is 2. The van der Waals surface area contributed by atoms with Gasteiger partial charge in [-0.1, -0.05) is 29.5 Å². The molecule has 0 aliphatic heterocycles. The SMILES string of the molecule is C=C([Si])C1=Cc2ccccc21. The Labute approximate surface area is 69.7 Å². The molecule has 1 aromatic rings. The molecule has 0 N–H and O–H groups in total. The van der Waals surface area contributed by atoms with Crippen LogP contribution in [0.5, 0.6) is 0 Å². The number of fused-ring (bicyclic) bond motifs is 1. The fourth-order valence-corrected chi connectivity index (χ4v) is 1.48. The molecule has 0 saturated heterocycles. The molecule has 0 amide bonds. The van der Waals surface area contributed by atoms with Crippen LogP contribution in [0, 0.1) is 0 Å². The second kappa shape index (κ2) is 2.21. The fraction of sp³-hybridized carbons (Fsp3) is 0. The van der Waals surface area contributed by atoms with E-state index in [1.807, 2.05) is 12.1 Å². The highest BCUT2D eigenvalue weighted by atomic mass is 28.1. The standard InChI is InChI=1S/C10H7Si/c1-7(11)10-6-8-4-2-3-5-9(8)10/h2-6H,1H2. The minimum absolute atomic E-state index is 0.962. The van der Waals surface area contributed by atoms with Crippen molar-refractivity contribution in [3.8, 4) is 0 Å². The number of hydrogen-bond acceptors (Lipinski definition) is 0. The van der Waals surface area contributed by atoms with E-state index in [1.54, 1.807) is 0 Å². The third kappa shape index (κ3) is 0.888. The van der Waals surface area contributed by atoms with Crippen LogP contribution in [0.1, 0.15) is 11.1 Å². The smallest absolute Gasteiger partial charge is 0.0712 e. The van der Waals surface area contributed by atoms with Gasteiger partial charge in [0.25, 0.3) is 0 Å². The minimum Gasteiger partial charge on any atom is -0.100 e. The van der Waals surface area contributed by atoms with E-state index < -0.39 is 0 Å². The van der Waals surface area contributed by atoms with Crippen LogP contribution < -0.4 is 0 Å². The molecule has 0 bridgehead atoms. The summed E-state index contributed by atoms with van der Waals surface area (Å²) in [6, 6.07) is 8.30. The van der Waals surface area contributed by atoms with Crippen LogP contribution in [0.2, 0.25) is 0 Å². The van der Waals surface area contributed by atoms with Gasteiger partial charge in [0.15, 0.2) is 0 Å². The van der Waals surface area contributed by atoms with E-state index in [1.165, 1.54) is 16.7 Å². The first-order valence-electron chi connectivity index (χ1n) is 3.51. The molecule has 0 fully saturated rings. The predicted molar refractivity (Wildman–Crippen MR) is 49.2 cm³/mol. The van der Waals surface area contributed by atoms with E-state index in [9.17, 15) is 0 Å². The van der Waals surface area contributed by atoms with E-state index in [2.05, 4.69) is 35.0 Å². The van der Waals surface area contributed by atoms with Gasteiger partial charge in [0.1, 0.15) is 0 Å². The average molecular weight is 155 g/mol. The van der Waals surface area contributed by atoms with Crippen molar-refractivity contribution >= 4 is 21.9 Å². The van der Waals surface area contributed by atoms with Crippen LogP contribution in [-0.4, -0.2) is 10.2 Å². The first-order chi connectivity index (χ1) is 5.29. The number of hydrogen-bond donors (Lipinski definition) is 0. The maximum Gasteiger partial charge on any atom is 0.0712 e. The van der Waals surface area contributed by atoms with Crippen LogP contribution in [0.4, 0.5) is 0 Å². The molecule has 51 valence electrons. The van der Waals surface area contributed by atoms with Gasteiger partial charge in [-0.15, -0.1) is 6.58 Å². The Bertz CT molecular complexity index is 348. The Morgan fingerprint density at radius 1 is 1.27 bits per heavy atom. The Balaban J connectivity index is 2.46. The normalized spacial score (nSPS) is 13.0. The van der Waals surface area contributed by atoms with Crippen molar-refractivity contribution in [1.29, 1.82) is 0 Å². The first kappa shape index (κ1) is 6.62. The van der Waals surface area contributed by atoms with Crippen LogP contribution in [0.3, 0.4) is 0 Å². The molecule has 1 heteroatoms. The van der Waals surface area contributed by atoms with Gasteiger partial charge in [-0.2, -0.15) is 0 Å². The summed E-state index contributed by atoms with van der Waals surface area (Å²) in [7, 11) is 3.41. The highest BCUT2D eigenvalue weighted by Crippen LogP contribution is 2.34. The fourth-order valence-electron chi connectivity index (χ4n) is 1.27. The van der Waals surface area contributed by atoms with E-state index in [0.29, 0.717) is 0 Å². The molecule has 3 radical (unpaired) electrons. The van der Waals surface area contributed by atoms with Gasteiger partial charge in [0.05, 0.1) is 10.2 Å². The average Bonchev–Trinajstić information content (AvgIpc) is 1.90. The Morgan fingerprint density at radius 2 is 2.00 bits per heavy atom. The first-order valence-corrected chi connectivity index (χ1v) is 4.01. The van der Waals surface area contributed by atoms with Crippen molar-refractivity contribution in [3.05, 3.63) is 47.2 Å². The molecule has 0 aromatic heterocycles. The highest BCUT2D eigenvalue weighted by molar-refractivity contribution is 6.33. The second-order valence-electron chi connectivity index (χ2n) is 2.62. The van der Waals surface area contributed by atoms with E-state index in [-0.39, 0.29) is 0 Å². The van der Waals surface area contributed by atoms with Crippen molar-refractivity contribution in [2.75, 3.05) is 0 Å². The third-order valence-electron chi connectivity index (χ3n) is 1.88. The molecule has 1 aliphatic carbocycles. The summed E-state index contributed by atoms with van der Waals surface area (Å²) in [5, 5.41) is 0.962. The third-order valence-corrected chi connectivity index (χ3v) is 2.15. The van der Waals surface area contributed by atoms with Crippen molar-refractivity contribution in [3.63, 3.8) is 0 Å². The lowest BCUT2D eigenvalue weighted by molar-refractivity contribution is 1.53. The molecule has 0 spiro atoms. The largest absolute Gasteiger partial charge is 0.100 e. The lowest BCUT2D eigenvalue weighted by Gasteiger charge is -2.19. The summed E-state index contributed by atoms with van der Waals surface area (Å²) in [4.78, 5) is 0. The van der Waals surface area contributed by atoms with Gasteiger partial charge < -0.3 is 0 Å². The molecule has 1 aromatic carbocycles. The van der Waals surface area contributed by atoms with E-state index >= 15 is 0 Å². The van der Waals surface area contributed by atoms with Gasteiger partial charge in [0, 0.05) is 0 Å². The van der Waals surface area contributed by atoms with Crippen molar-refractivity contribution in [1.82, 2.24) is 0 Å². The molecule has 0 heterocycles. The predicted octanol–water partition coefficient (Wildman–Crippen LogP) is 2.22. The Kier molecular flexibility index (Phi) is 1.33. The summed E-state index contributed by atoms with van der Waals surface area (Å²) in [5.41, 5.74) is 3.83. The summed E-state index contributed by atoms with van der Waals surface area (Å²) < 4.78 is 0. The van der Waals surface area contributed by atoms with Crippen LogP contribution >= 0.6 is 0 Å². The second-order valence-corrected chi connectivity index (χ2v) is 3.23. The molecule has 0 nitrogen and oxygen atoms in total. The zero-order chi connectivity index (χ0) is 7.84. The summed E-state index contributed by atoms with van der Waals surface area (Å²) >= 11 is 0. The zero-order valence-electron chi connectivity index (χ0n) is 6.09. The molecule has 0 atom stereocenters. The Morgan fingerprint density at radius 3 is 2.64 bits per heavy atom. The summed E-state index contributed by atoms with van der Waals surface area (Å²) in [6.45, 7) is 3.82. The molecular weight excluding hydrogens is 148 g/mol. The van der Waals surface area contributed by atoms with Gasteiger partial charge in [-0.05, 0) is 22.8 Å². The zero-order valence-corrected chi connectivity index (χ0v) is 7.09. The van der Waals surface area contributed by atoms with Crippen LogP contribution in [0.15, 0.2) is 36.0 Å². The van der Waals surface area contributed by atoms with E-state index in [4.69, 9.17) is 0 Å². The minimum atomic E-state index is 0.962. The summed E-state index contributed by atoms with van der Waals surface area (Å²) in [5.74, 6) is 0. The molecular formula is C10H7Si. The molecule has 1 aliphatic rings. The van der Waals surface area contributed by atoms with Crippen molar-refractivity contribution < 1.29 is 0 Å². The molecule has 0 saturated carbocycles. The van der Waals surface area contributed by atoms with Crippen molar-refractivity contribution in [2.24, 2.45) is 0 Å². The molecule has 0 unspecified atom stereocenters. The number of benzene rings is 1. The maximum atomic E-state index is 3.82. The Hall–Kier alpha value is -1.08. The molecule has 11 heavy (non-hydrogen) atoms. The number of rotatable bonds is 1. The monoisotopic (exact) mass is 155 g/mol. The van der Waals surface area contributed by atoms with E-state index in [0.717, 1.165) is 5.20 Å². The maximum absolute atomic E-state index is 3.82.